The van der Waals surface area contributed by atoms with Crippen LogP contribution in [0.25, 0.3) is 0 Å². The van der Waals surface area contributed by atoms with Crippen LogP contribution in [0.1, 0.15) is 17.5 Å². The van der Waals surface area contributed by atoms with Gasteiger partial charge in [-0.1, -0.05) is 18.2 Å². The Labute approximate surface area is 72.6 Å². The van der Waals surface area contributed by atoms with Gasteiger partial charge in [0.2, 0.25) is 0 Å². The Kier molecular flexibility index (Phi) is 3.31. The molecule has 0 aliphatic rings. The van der Waals surface area contributed by atoms with E-state index in [4.69, 9.17) is 11.0 Å². The van der Waals surface area contributed by atoms with Crippen LogP contribution in [0.3, 0.4) is 0 Å². The van der Waals surface area contributed by atoms with E-state index in [9.17, 15) is 0 Å². The summed E-state index contributed by atoms with van der Waals surface area (Å²) >= 11 is 0. The molecule has 62 valence electrons. The fraction of sp³-hybridized carbons (Fsp3) is 0.300. The predicted octanol–water partition coefficient (Wildman–Crippen LogP) is 1.45. The van der Waals surface area contributed by atoms with Crippen molar-refractivity contribution in [3.63, 3.8) is 0 Å². The molecule has 1 aromatic carbocycles. The van der Waals surface area contributed by atoms with E-state index in [-0.39, 0.29) is 0 Å². The molecule has 0 aliphatic carbocycles. The maximum Gasteiger partial charge on any atom is 0.0994 e. The molecule has 0 aromatic heterocycles. The van der Waals surface area contributed by atoms with Gasteiger partial charge in [0.25, 0.3) is 0 Å². The molecule has 2 N–H and O–H groups in total. The smallest absolute Gasteiger partial charge is 0.0994 e. The highest BCUT2D eigenvalue weighted by Crippen LogP contribution is 2.08. The summed E-state index contributed by atoms with van der Waals surface area (Å²) in [7, 11) is 0. The quantitative estimate of drug-likeness (QED) is 0.727. The van der Waals surface area contributed by atoms with Crippen molar-refractivity contribution in [2.24, 2.45) is 5.73 Å². The Bertz CT molecular complexity index is 286. The molecule has 0 saturated heterocycles. The summed E-state index contributed by atoms with van der Waals surface area (Å²) in [5, 5.41) is 8.74. The Morgan fingerprint density at radius 3 is 2.75 bits per heavy atom. The average molecular weight is 160 g/mol. The molecule has 0 radical (unpaired) electrons. The fourth-order valence-corrected chi connectivity index (χ4v) is 1.14. The third kappa shape index (κ3) is 2.08. The maximum absolute atomic E-state index is 8.74. The number of hydrogen-bond acceptors (Lipinski definition) is 2. The van der Waals surface area contributed by atoms with E-state index in [1.54, 1.807) is 0 Å². The molecule has 0 saturated carbocycles. The first kappa shape index (κ1) is 8.76. The van der Waals surface area contributed by atoms with E-state index in [0.717, 1.165) is 24.0 Å². The highest BCUT2D eigenvalue weighted by Gasteiger charge is 1.98. The number of nitrogens with zero attached hydrogens (tertiary/aromatic N) is 1. The van der Waals surface area contributed by atoms with Gasteiger partial charge in [-0.3, -0.25) is 0 Å². The summed E-state index contributed by atoms with van der Waals surface area (Å²) in [5.74, 6) is 0. The van der Waals surface area contributed by atoms with Crippen LogP contribution in [0.2, 0.25) is 0 Å². The predicted molar refractivity (Wildman–Crippen MR) is 48.5 cm³/mol. The number of rotatable bonds is 3. The van der Waals surface area contributed by atoms with E-state index in [2.05, 4.69) is 6.07 Å². The largest absolute Gasteiger partial charge is 0.330 e. The van der Waals surface area contributed by atoms with Crippen LogP contribution in [0.5, 0.6) is 0 Å². The summed E-state index contributed by atoms with van der Waals surface area (Å²) in [6, 6.07) is 9.81. The zero-order valence-electron chi connectivity index (χ0n) is 6.96. The molecule has 0 spiro atoms. The van der Waals surface area contributed by atoms with Gasteiger partial charge >= 0.3 is 0 Å². The van der Waals surface area contributed by atoms with Crippen molar-refractivity contribution in [2.75, 3.05) is 6.54 Å². The van der Waals surface area contributed by atoms with Gasteiger partial charge in [-0.2, -0.15) is 5.26 Å². The molecule has 2 nitrogen and oxygen atoms in total. The van der Waals surface area contributed by atoms with Crippen LogP contribution in [-0.4, -0.2) is 6.54 Å². The Morgan fingerprint density at radius 2 is 2.08 bits per heavy atom. The van der Waals surface area contributed by atoms with Crippen molar-refractivity contribution in [3.05, 3.63) is 35.4 Å². The van der Waals surface area contributed by atoms with Gasteiger partial charge in [-0.25, -0.2) is 0 Å². The van der Waals surface area contributed by atoms with E-state index < -0.39 is 0 Å². The molecule has 2 heteroatoms. The minimum Gasteiger partial charge on any atom is -0.330 e. The first-order valence-corrected chi connectivity index (χ1v) is 4.06. The molecule has 1 rings (SSSR count). The van der Waals surface area contributed by atoms with Crippen LogP contribution in [0, 0.1) is 11.3 Å². The van der Waals surface area contributed by atoms with Gasteiger partial charge in [0, 0.05) is 0 Å². The summed E-state index contributed by atoms with van der Waals surface area (Å²) in [6.45, 7) is 0.680. The maximum atomic E-state index is 8.74. The molecule has 0 fully saturated rings. The molecular weight excluding hydrogens is 148 g/mol. The van der Waals surface area contributed by atoms with E-state index in [1.807, 2.05) is 24.3 Å². The molecule has 1 aromatic rings. The molecule has 0 heterocycles. The van der Waals surface area contributed by atoms with E-state index in [1.165, 1.54) is 0 Å². The minimum absolute atomic E-state index is 0.680. The summed E-state index contributed by atoms with van der Waals surface area (Å²) in [5.41, 5.74) is 7.26. The van der Waals surface area contributed by atoms with Crippen LogP contribution < -0.4 is 5.73 Å². The lowest BCUT2D eigenvalue weighted by Gasteiger charge is -2.00. The van der Waals surface area contributed by atoms with Crippen molar-refractivity contribution in [2.45, 2.75) is 12.8 Å². The van der Waals surface area contributed by atoms with Gasteiger partial charge in [0.05, 0.1) is 11.6 Å². The molecule has 0 atom stereocenters. The van der Waals surface area contributed by atoms with Crippen LogP contribution in [0.15, 0.2) is 24.3 Å². The molecule has 12 heavy (non-hydrogen) atoms. The van der Waals surface area contributed by atoms with Crippen molar-refractivity contribution >= 4 is 0 Å². The summed E-state index contributed by atoms with van der Waals surface area (Å²) < 4.78 is 0. The van der Waals surface area contributed by atoms with Crippen molar-refractivity contribution < 1.29 is 0 Å². The Morgan fingerprint density at radius 1 is 1.33 bits per heavy atom. The van der Waals surface area contributed by atoms with E-state index >= 15 is 0 Å². The van der Waals surface area contributed by atoms with Gasteiger partial charge in [-0.05, 0) is 31.0 Å². The molecular formula is C10H12N2. The summed E-state index contributed by atoms with van der Waals surface area (Å²) in [6.07, 6.45) is 1.85. The van der Waals surface area contributed by atoms with Crippen molar-refractivity contribution in [1.82, 2.24) is 0 Å². The highest BCUT2D eigenvalue weighted by molar-refractivity contribution is 5.37. The van der Waals surface area contributed by atoms with Crippen LogP contribution in [-0.2, 0) is 6.42 Å². The number of benzene rings is 1. The second-order valence-corrected chi connectivity index (χ2v) is 2.66. The minimum atomic E-state index is 0.680. The second kappa shape index (κ2) is 4.53. The fourth-order valence-electron chi connectivity index (χ4n) is 1.14. The van der Waals surface area contributed by atoms with Crippen LogP contribution in [0.4, 0.5) is 0 Å². The molecule has 0 aliphatic heterocycles. The third-order valence-corrected chi connectivity index (χ3v) is 1.79. The summed E-state index contributed by atoms with van der Waals surface area (Å²) in [4.78, 5) is 0. The Balaban J connectivity index is 2.77. The van der Waals surface area contributed by atoms with Gasteiger partial charge in [-0.15, -0.1) is 0 Å². The molecule has 0 amide bonds. The monoisotopic (exact) mass is 160 g/mol. The van der Waals surface area contributed by atoms with Gasteiger partial charge < -0.3 is 5.73 Å². The van der Waals surface area contributed by atoms with Gasteiger partial charge in [0.15, 0.2) is 0 Å². The standard InChI is InChI=1S/C10H12N2/c11-7-3-6-9-4-1-2-5-10(9)8-12/h1-2,4-5H,3,6-7,11H2. The average Bonchev–Trinajstić information content (AvgIpc) is 2.15. The zero-order valence-corrected chi connectivity index (χ0v) is 6.96. The first-order chi connectivity index (χ1) is 5.88. The number of aryl methyl sites for hydroxylation is 1. The zero-order chi connectivity index (χ0) is 8.81. The molecule has 0 unspecified atom stereocenters. The number of nitrogens with two attached hydrogens (primary N) is 1. The lowest BCUT2D eigenvalue weighted by molar-refractivity contribution is 0.831. The lowest BCUT2D eigenvalue weighted by Crippen LogP contribution is -2.01. The topological polar surface area (TPSA) is 49.8 Å². The second-order valence-electron chi connectivity index (χ2n) is 2.66. The van der Waals surface area contributed by atoms with Crippen molar-refractivity contribution in [3.8, 4) is 6.07 Å². The van der Waals surface area contributed by atoms with Gasteiger partial charge in [0.1, 0.15) is 0 Å². The van der Waals surface area contributed by atoms with Crippen molar-refractivity contribution in [1.29, 1.82) is 5.26 Å². The third-order valence-electron chi connectivity index (χ3n) is 1.79. The number of hydrogen-bond donors (Lipinski definition) is 1. The van der Waals surface area contributed by atoms with Crippen LogP contribution >= 0.6 is 0 Å². The normalized spacial score (nSPS) is 9.33. The molecule has 0 bridgehead atoms. The van der Waals surface area contributed by atoms with E-state index in [0.29, 0.717) is 6.54 Å². The SMILES string of the molecule is N#Cc1ccccc1CCCN. The Hall–Kier alpha value is -1.33. The lowest BCUT2D eigenvalue weighted by atomic mass is 10.0. The first-order valence-electron chi connectivity index (χ1n) is 4.06. The number of nitriles is 1. The highest BCUT2D eigenvalue weighted by atomic mass is 14.5.